The molecule has 6 heteroatoms. The maximum atomic E-state index is 12.8. The van der Waals surface area contributed by atoms with Crippen LogP contribution in [0.3, 0.4) is 0 Å². The van der Waals surface area contributed by atoms with Crippen LogP contribution in [0.5, 0.6) is 0 Å². The van der Waals surface area contributed by atoms with Gasteiger partial charge in [-0.25, -0.2) is 0 Å². The molecular weight excluding hydrogens is 347 g/mol. The first kappa shape index (κ1) is 16.6. The van der Waals surface area contributed by atoms with Crippen molar-refractivity contribution in [2.45, 2.75) is 44.4 Å². The summed E-state index contributed by atoms with van der Waals surface area (Å²) in [6, 6.07) is 4.00. The zero-order chi connectivity index (χ0) is 15.5. The topological polar surface area (TPSA) is 32.3 Å². The Balaban J connectivity index is 1.90. The van der Waals surface area contributed by atoms with E-state index in [0.717, 1.165) is 25.3 Å². The summed E-state index contributed by atoms with van der Waals surface area (Å²) in [5, 5.41) is 12.8. The highest BCUT2D eigenvalue weighted by Gasteiger charge is 2.33. The van der Waals surface area contributed by atoms with Gasteiger partial charge >= 0.3 is 6.18 Å². The van der Waals surface area contributed by atoms with E-state index in [1.165, 1.54) is 18.9 Å². The lowest BCUT2D eigenvalue weighted by atomic mass is 10.00. The van der Waals surface area contributed by atoms with Crippen LogP contribution in [0, 0.1) is 5.92 Å². The molecule has 0 spiro atoms. The molecule has 1 fully saturated rings. The standard InChI is InChI=1S/C15H19BrF3NO/c16-14-6-5-11(8-13(14)15(17,18)19)20-9-12(21)7-10-3-1-2-4-10/h5-6,8,10,12,20-21H,1-4,7,9H2. The Morgan fingerprint density at radius 1 is 1.29 bits per heavy atom. The number of rotatable bonds is 5. The maximum absolute atomic E-state index is 12.8. The van der Waals surface area contributed by atoms with Gasteiger partial charge in [-0.3, -0.25) is 0 Å². The molecule has 1 aliphatic carbocycles. The van der Waals surface area contributed by atoms with E-state index in [0.29, 0.717) is 11.6 Å². The monoisotopic (exact) mass is 365 g/mol. The highest BCUT2D eigenvalue weighted by atomic mass is 79.9. The fraction of sp³-hybridized carbons (Fsp3) is 0.600. The van der Waals surface area contributed by atoms with E-state index in [2.05, 4.69) is 21.2 Å². The molecule has 1 aromatic rings. The van der Waals surface area contributed by atoms with Crippen molar-refractivity contribution in [2.75, 3.05) is 11.9 Å². The molecular formula is C15H19BrF3NO. The molecule has 1 atom stereocenters. The molecule has 1 unspecified atom stereocenters. The van der Waals surface area contributed by atoms with E-state index in [9.17, 15) is 18.3 Å². The zero-order valence-electron chi connectivity index (χ0n) is 11.6. The van der Waals surface area contributed by atoms with Gasteiger partial charge in [0.25, 0.3) is 0 Å². The van der Waals surface area contributed by atoms with E-state index < -0.39 is 17.8 Å². The summed E-state index contributed by atoms with van der Waals surface area (Å²) < 4.78 is 38.4. The van der Waals surface area contributed by atoms with Crippen molar-refractivity contribution in [1.29, 1.82) is 0 Å². The minimum atomic E-state index is -4.39. The third kappa shape index (κ3) is 4.88. The van der Waals surface area contributed by atoms with Crippen molar-refractivity contribution in [3.05, 3.63) is 28.2 Å². The molecule has 0 radical (unpaired) electrons. The Morgan fingerprint density at radius 3 is 2.57 bits per heavy atom. The summed E-state index contributed by atoms with van der Waals surface area (Å²) >= 11 is 2.91. The second-order valence-corrected chi connectivity index (χ2v) is 6.47. The first-order chi connectivity index (χ1) is 9.86. The first-order valence-corrected chi connectivity index (χ1v) is 7.94. The van der Waals surface area contributed by atoms with Crippen molar-refractivity contribution in [3.8, 4) is 0 Å². The Hall–Kier alpha value is -0.750. The summed E-state index contributed by atoms with van der Waals surface area (Å²) in [6.45, 7) is 0.273. The summed E-state index contributed by atoms with van der Waals surface area (Å²) in [5.41, 5.74) is -0.339. The van der Waals surface area contributed by atoms with Crippen LogP contribution < -0.4 is 5.32 Å². The molecule has 2 nitrogen and oxygen atoms in total. The number of aliphatic hydroxyl groups is 1. The molecule has 0 amide bonds. The number of halogens is 4. The van der Waals surface area contributed by atoms with Gasteiger partial charge in [-0.15, -0.1) is 0 Å². The highest BCUT2D eigenvalue weighted by Crippen LogP contribution is 2.36. The van der Waals surface area contributed by atoms with Gasteiger partial charge in [0.05, 0.1) is 11.7 Å². The van der Waals surface area contributed by atoms with Gasteiger partial charge in [0, 0.05) is 16.7 Å². The van der Waals surface area contributed by atoms with Crippen LogP contribution in [0.4, 0.5) is 18.9 Å². The van der Waals surface area contributed by atoms with Gasteiger partial charge in [0.1, 0.15) is 0 Å². The smallest absolute Gasteiger partial charge is 0.391 e. The molecule has 0 aliphatic heterocycles. The largest absolute Gasteiger partial charge is 0.417 e. The van der Waals surface area contributed by atoms with E-state index >= 15 is 0 Å². The predicted octanol–water partition coefficient (Wildman–Crippen LogP) is 4.82. The summed E-state index contributed by atoms with van der Waals surface area (Å²) in [4.78, 5) is 0. The minimum Gasteiger partial charge on any atom is -0.391 e. The lowest BCUT2D eigenvalue weighted by Crippen LogP contribution is -2.22. The molecule has 1 aromatic carbocycles. The van der Waals surface area contributed by atoms with Crippen LogP contribution in [0.25, 0.3) is 0 Å². The molecule has 0 heterocycles. The molecule has 1 aliphatic rings. The third-order valence-electron chi connectivity index (χ3n) is 3.89. The van der Waals surface area contributed by atoms with Gasteiger partial charge in [-0.2, -0.15) is 13.2 Å². The Bertz CT molecular complexity index is 472. The molecule has 0 aromatic heterocycles. The Kier molecular flexibility index (Phi) is 5.54. The van der Waals surface area contributed by atoms with Crippen molar-refractivity contribution < 1.29 is 18.3 Å². The van der Waals surface area contributed by atoms with Crippen LogP contribution in [0.1, 0.15) is 37.7 Å². The number of aliphatic hydroxyl groups excluding tert-OH is 1. The molecule has 0 bridgehead atoms. The normalized spacial score (nSPS) is 18.0. The van der Waals surface area contributed by atoms with Crippen LogP contribution >= 0.6 is 15.9 Å². The molecule has 2 N–H and O–H groups in total. The SMILES string of the molecule is OC(CNc1ccc(Br)c(C(F)(F)F)c1)CC1CCCC1. The van der Waals surface area contributed by atoms with Crippen LogP contribution in [-0.4, -0.2) is 17.8 Å². The lowest BCUT2D eigenvalue weighted by molar-refractivity contribution is -0.138. The van der Waals surface area contributed by atoms with Gasteiger partial charge in [-0.05, 0) is 30.5 Å². The average molecular weight is 366 g/mol. The van der Waals surface area contributed by atoms with E-state index in [4.69, 9.17) is 0 Å². The van der Waals surface area contributed by atoms with E-state index in [1.54, 1.807) is 6.07 Å². The second-order valence-electron chi connectivity index (χ2n) is 5.61. The minimum absolute atomic E-state index is 0.0204. The number of benzene rings is 1. The van der Waals surface area contributed by atoms with Crippen molar-refractivity contribution in [2.24, 2.45) is 5.92 Å². The molecule has 2 rings (SSSR count). The summed E-state index contributed by atoms with van der Waals surface area (Å²) in [5.74, 6) is 0.553. The maximum Gasteiger partial charge on any atom is 0.417 e. The molecule has 21 heavy (non-hydrogen) atoms. The highest BCUT2D eigenvalue weighted by molar-refractivity contribution is 9.10. The van der Waals surface area contributed by atoms with E-state index in [1.807, 2.05) is 0 Å². The van der Waals surface area contributed by atoms with Gasteiger partial charge in [0.15, 0.2) is 0 Å². The third-order valence-corrected chi connectivity index (χ3v) is 4.59. The van der Waals surface area contributed by atoms with Gasteiger partial charge in [-0.1, -0.05) is 41.6 Å². The summed E-state index contributed by atoms with van der Waals surface area (Å²) in [7, 11) is 0. The molecule has 0 saturated heterocycles. The molecule has 118 valence electrons. The van der Waals surface area contributed by atoms with Crippen LogP contribution in [0.2, 0.25) is 0 Å². The zero-order valence-corrected chi connectivity index (χ0v) is 13.2. The van der Waals surface area contributed by atoms with Gasteiger partial charge in [0.2, 0.25) is 0 Å². The number of alkyl halides is 3. The fourth-order valence-corrected chi connectivity index (χ4v) is 3.27. The van der Waals surface area contributed by atoms with Crippen LogP contribution in [-0.2, 0) is 6.18 Å². The number of hydrogen-bond donors (Lipinski definition) is 2. The average Bonchev–Trinajstić information content (AvgIpc) is 2.89. The van der Waals surface area contributed by atoms with Crippen molar-refractivity contribution >= 4 is 21.6 Å². The first-order valence-electron chi connectivity index (χ1n) is 7.15. The lowest BCUT2D eigenvalue weighted by Gasteiger charge is -2.17. The predicted molar refractivity (Wildman–Crippen MR) is 80.2 cm³/mol. The number of nitrogens with one attached hydrogen (secondary N) is 1. The summed E-state index contributed by atoms with van der Waals surface area (Å²) in [6.07, 6.45) is 0.528. The number of hydrogen-bond acceptors (Lipinski definition) is 2. The van der Waals surface area contributed by atoms with Crippen molar-refractivity contribution in [1.82, 2.24) is 0 Å². The Labute approximate surface area is 130 Å². The quantitative estimate of drug-likeness (QED) is 0.783. The Morgan fingerprint density at radius 2 is 1.95 bits per heavy atom. The van der Waals surface area contributed by atoms with Gasteiger partial charge < -0.3 is 10.4 Å². The second kappa shape index (κ2) is 7.01. The number of anilines is 1. The van der Waals surface area contributed by atoms with E-state index in [-0.39, 0.29) is 11.0 Å². The molecule has 1 saturated carbocycles. The fourth-order valence-electron chi connectivity index (χ4n) is 2.80. The van der Waals surface area contributed by atoms with Crippen LogP contribution in [0.15, 0.2) is 22.7 Å². The van der Waals surface area contributed by atoms with Crippen molar-refractivity contribution in [3.63, 3.8) is 0 Å².